The van der Waals surface area contributed by atoms with E-state index in [1.807, 2.05) is 12.1 Å². The SMILES string of the molecule is COc1cncc(N2CCN(CCSc3ccccc3F)CC2)n1. The van der Waals surface area contributed by atoms with Crippen LogP contribution in [0, 0.1) is 5.82 Å². The molecule has 0 N–H and O–H groups in total. The van der Waals surface area contributed by atoms with Crippen LogP contribution in [-0.2, 0) is 0 Å². The van der Waals surface area contributed by atoms with Gasteiger partial charge in [0.1, 0.15) is 5.82 Å². The molecule has 1 aromatic carbocycles. The van der Waals surface area contributed by atoms with Crippen molar-refractivity contribution in [2.24, 2.45) is 0 Å². The number of aromatic nitrogens is 2. The van der Waals surface area contributed by atoms with Crippen molar-refractivity contribution >= 4 is 17.6 Å². The van der Waals surface area contributed by atoms with Crippen molar-refractivity contribution in [1.82, 2.24) is 14.9 Å². The molecule has 24 heavy (non-hydrogen) atoms. The summed E-state index contributed by atoms with van der Waals surface area (Å²) in [5.74, 6) is 2.15. The highest BCUT2D eigenvalue weighted by molar-refractivity contribution is 7.99. The maximum atomic E-state index is 13.6. The zero-order valence-electron chi connectivity index (χ0n) is 13.7. The van der Waals surface area contributed by atoms with Gasteiger partial charge in [-0.3, -0.25) is 9.88 Å². The molecule has 0 unspecified atom stereocenters. The molecule has 128 valence electrons. The minimum Gasteiger partial charge on any atom is -0.480 e. The molecular formula is C17H21FN4OS. The Hall–Kier alpha value is -1.86. The Kier molecular flexibility index (Phi) is 5.87. The summed E-state index contributed by atoms with van der Waals surface area (Å²) >= 11 is 1.57. The van der Waals surface area contributed by atoms with Crippen LogP contribution < -0.4 is 9.64 Å². The third-order valence-corrected chi connectivity index (χ3v) is 5.04. The molecule has 7 heteroatoms. The number of hydrogen-bond donors (Lipinski definition) is 0. The van der Waals surface area contributed by atoms with Crippen molar-refractivity contribution in [3.63, 3.8) is 0 Å². The van der Waals surface area contributed by atoms with E-state index in [1.54, 1.807) is 37.3 Å². The summed E-state index contributed by atoms with van der Waals surface area (Å²) < 4.78 is 18.7. The first-order chi connectivity index (χ1) is 11.8. The van der Waals surface area contributed by atoms with E-state index < -0.39 is 0 Å². The number of nitrogens with zero attached hydrogens (tertiary/aromatic N) is 4. The number of piperazine rings is 1. The van der Waals surface area contributed by atoms with Gasteiger partial charge in [0.25, 0.3) is 0 Å². The minimum absolute atomic E-state index is 0.135. The summed E-state index contributed by atoms with van der Waals surface area (Å²) in [6.45, 7) is 4.71. The quantitative estimate of drug-likeness (QED) is 0.748. The number of ether oxygens (including phenoxy) is 1. The minimum atomic E-state index is -0.135. The van der Waals surface area contributed by atoms with Crippen LogP contribution in [-0.4, -0.2) is 60.5 Å². The Balaban J connectivity index is 1.44. The second-order valence-corrected chi connectivity index (χ2v) is 6.66. The van der Waals surface area contributed by atoms with Gasteiger partial charge in [0.2, 0.25) is 5.88 Å². The average Bonchev–Trinajstić information content (AvgIpc) is 2.64. The molecule has 0 aliphatic carbocycles. The van der Waals surface area contributed by atoms with Crippen molar-refractivity contribution in [2.75, 3.05) is 50.5 Å². The largest absolute Gasteiger partial charge is 0.480 e. The molecule has 1 saturated heterocycles. The molecular weight excluding hydrogens is 327 g/mol. The Morgan fingerprint density at radius 3 is 2.71 bits per heavy atom. The lowest BCUT2D eigenvalue weighted by molar-refractivity contribution is 0.272. The maximum Gasteiger partial charge on any atom is 0.233 e. The van der Waals surface area contributed by atoms with Crippen molar-refractivity contribution in [2.45, 2.75) is 4.90 Å². The molecule has 1 aliphatic rings. The summed E-state index contributed by atoms with van der Waals surface area (Å²) in [7, 11) is 1.60. The van der Waals surface area contributed by atoms with E-state index in [1.165, 1.54) is 6.07 Å². The molecule has 0 saturated carbocycles. The van der Waals surface area contributed by atoms with Crippen LogP contribution >= 0.6 is 11.8 Å². The number of halogens is 1. The molecule has 0 radical (unpaired) electrons. The molecule has 2 aromatic rings. The number of hydrogen-bond acceptors (Lipinski definition) is 6. The number of rotatable bonds is 6. The normalized spacial score (nSPS) is 15.5. The number of benzene rings is 1. The lowest BCUT2D eigenvalue weighted by Gasteiger charge is -2.35. The van der Waals surface area contributed by atoms with Crippen molar-refractivity contribution in [3.05, 3.63) is 42.5 Å². The zero-order valence-corrected chi connectivity index (χ0v) is 14.5. The molecule has 1 aliphatic heterocycles. The van der Waals surface area contributed by atoms with Gasteiger partial charge in [0.15, 0.2) is 5.82 Å². The highest BCUT2D eigenvalue weighted by Crippen LogP contribution is 2.21. The highest BCUT2D eigenvalue weighted by Gasteiger charge is 2.18. The fourth-order valence-corrected chi connectivity index (χ4v) is 3.59. The van der Waals surface area contributed by atoms with Crippen LogP contribution in [0.2, 0.25) is 0 Å². The summed E-state index contributed by atoms with van der Waals surface area (Å²) in [6, 6.07) is 6.94. The van der Waals surface area contributed by atoms with Crippen LogP contribution in [0.5, 0.6) is 5.88 Å². The summed E-state index contributed by atoms with van der Waals surface area (Å²) in [6.07, 6.45) is 3.38. The Morgan fingerprint density at radius 2 is 1.96 bits per heavy atom. The standard InChI is InChI=1S/C17H21FN4OS/c1-23-17-13-19-12-16(20-17)22-8-6-21(7-9-22)10-11-24-15-5-3-2-4-14(15)18/h2-5,12-13H,6-11H2,1H3. The monoisotopic (exact) mass is 348 g/mol. The first-order valence-corrected chi connectivity index (χ1v) is 8.95. The zero-order chi connectivity index (χ0) is 16.8. The van der Waals surface area contributed by atoms with Crippen molar-refractivity contribution < 1.29 is 9.13 Å². The number of anilines is 1. The maximum absolute atomic E-state index is 13.6. The lowest BCUT2D eigenvalue weighted by Crippen LogP contribution is -2.47. The topological polar surface area (TPSA) is 41.5 Å². The van der Waals surface area contributed by atoms with Crippen molar-refractivity contribution in [3.8, 4) is 5.88 Å². The van der Waals surface area contributed by atoms with Gasteiger partial charge in [0.05, 0.1) is 19.5 Å². The van der Waals surface area contributed by atoms with Gasteiger partial charge in [-0.05, 0) is 12.1 Å². The van der Waals surface area contributed by atoms with Gasteiger partial charge >= 0.3 is 0 Å². The molecule has 3 rings (SSSR count). The van der Waals surface area contributed by atoms with Gasteiger partial charge in [-0.2, -0.15) is 4.98 Å². The lowest BCUT2D eigenvalue weighted by atomic mass is 10.3. The molecule has 2 heterocycles. The Morgan fingerprint density at radius 1 is 1.17 bits per heavy atom. The number of methoxy groups -OCH3 is 1. The van der Waals surface area contributed by atoms with Gasteiger partial charge < -0.3 is 9.64 Å². The van der Waals surface area contributed by atoms with E-state index in [2.05, 4.69) is 19.8 Å². The summed E-state index contributed by atoms with van der Waals surface area (Å²) in [5, 5.41) is 0. The third kappa shape index (κ3) is 4.36. The third-order valence-electron chi connectivity index (χ3n) is 4.01. The molecule has 0 spiro atoms. The number of thioether (sulfide) groups is 1. The molecule has 0 bridgehead atoms. The van der Waals surface area contributed by atoms with Crippen LogP contribution in [0.25, 0.3) is 0 Å². The van der Waals surface area contributed by atoms with Crippen molar-refractivity contribution in [1.29, 1.82) is 0 Å². The first-order valence-electron chi connectivity index (χ1n) is 7.97. The van der Waals surface area contributed by atoms with E-state index in [4.69, 9.17) is 4.74 Å². The molecule has 0 atom stereocenters. The fourth-order valence-electron chi connectivity index (χ4n) is 2.64. The van der Waals surface area contributed by atoms with E-state index >= 15 is 0 Å². The van der Waals surface area contributed by atoms with Crippen LogP contribution in [0.4, 0.5) is 10.2 Å². The van der Waals surface area contributed by atoms with Crippen LogP contribution in [0.1, 0.15) is 0 Å². The van der Waals surface area contributed by atoms with Crippen LogP contribution in [0.3, 0.4) is 0 Å². The molecule has 1 fully saturated rings. The predicted octanol–water partition coefficient (Wildman–Crippen LogP) is 2.54. The average molecular weight is 348 g/mol. The van der Waals surface area contributed by atoms with E-state index in [0.717, 1.165) is 49.2 Å². The van der Waals surface area contributed by atoms with Gasteiger partial charge in [-0.15, -0.1) is 11.8 Å². The van der Waals surface area contributed by atoms with E-state index in [9.17, 15) is 4.39 Å². The molecule has 1 aromatic heterocycles. The van der Waals surface area contributed by atoms with Gasteiger partial charge in [-0.1, -0.05) is 12.1 Å². The summed E-state index contributed by atoms with van der Waals surface area (Å²) in [5.41, 5.74) is 0. The molecule has 5 nitrogen and oxygen atoms in total. The smallest absolute Gasteiger partial charge is 0.233 e. The fraction of sp³-hybridized carbons (Fsp3) is 0.412. The predicted molar refractivity (Wildman–Crippen MR) is 94.4 cm³/mol. The summed E-state index contributed by atoms with van der Waals surface area (Å²) in [4.78, 5) is 13.9. The van der Waals surface area contributed by atoms with Crippen LogP contribution in [0.15, 0.2) is 41.6 Å². The highest BCUT2D eigenvalue weighted by atomic mass is 32.2. The molecule has 0 amide bonds. The Labute approximate surface area is 145 Å². The van der Waals surface area contributed by atoms with E-state index in [0.29, 0.717) is 5.88 Å². The first kappa shape index (κ1) is 17.0. The second kappa shape index (κ2) is 8.30. The Bertz CT molecular complexity index is 665. The van der Waals surface area contributed by atoms with E-state index in [-0.39, 0.29) is 5.82 Å². The van der Waals surface area contributed by atoms with Gasteiger partial charge in [-0.25, -0.2) is 4.39 Å². The second-order valence-electron chi connectivity index (χ2n) is 5.53. The van der Waals surface area contributed by atoms with Gasteiger partial charge in [0, 0.05) is 43.4 Å².